The summed E-state index contributed by atoms with van der Waals surface area (Å²) in [6.07, 6.45) is 1.06. The van der Waals surface area contributed by atoms with Crippen molar-refractivity contribution in [2.75, 3.05) is 13.1 Å². The van der Waals surface area contributed by atoms with Crippen molar-refractivity contribution in [2.45, 2.75) is 31.8 Å². The molecular weight excluding hydrogens is 562 g/mol. The molecule has 0 unspecified atom stereocenters. The van der Waals surface area contributed by atoms with E-state index in [0.29, 0.717) is 29.3 Å². The highest BCUT2D eigenvalue weighted by Crippen LogP contribution is 2.27. The molecule has 44 heavy (non-hydrogen) atoms. The van der Waals surface area contributed by atoms with Crippen LogP contribution in [0.15, 0.2) is 84.9 Å². The lowest BCUT2D eigenvalue weighted by molar-refractivity contribution is -0.384. The minimum absolute atomic E-state index is 0.0176. The molecule has 0 aliphatic carbocycles. The number of nitrogens with zero attached hydrogens (tertiary/aromatic N) is 2. The maximum atomic E-state index is 12.6. The predicted octanol–water partition coefficient (Wildman–Crippen LogP) is 5.36. The van der Waals surface area contributed by atoms with Crippen molar-refractivity contribution >= 4 is 40.0 Å². The second-order valence-corrected chi connectivity index (χ2v) is 10.8. The van der Waals surface area contributed by atoms with Gasteiger partial charge in [0.25, 0.3) is 11.6 Å². The SMILES string of the molecule is CC(=N)N1CC[C@H](Oc2ccc([C@H](Cc3ccc4ccc(C(=N)NC(=O)c5ccc([N+](=O)[O-])cc5)cc4c3)C(=O)O)cc2)C1. The summed E-state index contributed by atoms with van der Waals surface area (Å²) in [4.78, 5) is 37.2. The van der Waals surface area contributed by atoms with E-state index in [1.54, 1.807) is 43.3 Å². The fourth-order valence-electron chi connectivity index (χ4n) is 5.25. The van der Waals surface area contributed by atoms with Crippen LogP contribution in [0.1, 0.15) is 46.3 Å². The Kier molecular flexibility index (Phi) is 8.66. The Morgan fingerprint density at radius 2 is 1.68 bits per heavy atom. The Hall–Kier alpha value is -5.58. The second-order valence-electron chi connectivity index (χ2n) is 10.8. The number of non-ortho nitro benzene ring substituents is 1. The number of carbonyl (C=O) groups is 2. The largest absolute Gasteiger partial charge is 0.489 e. The molecular formula is C33H31N5O6. The predicted molar refractivity (Wildman–Crippen MR) is 166 cm³/mol. The average Bonchev–Trinajstić information content (AvgIpc) is 3.48. The van der Waals surface area contributed by atoms with Gasteiger partial charge in [0, 0.05) is 36.2 Å². The van der Waals surface area contributed by atoms with Gasteiger partial charge in [0.1, 0.15) is 17.7 Å². The number of rotatable bonds is 9. The summed E-state index contributed by atoms with van der Waals surface area (Å²) >= 11 is 0. The Bertz CT molecular complexity index is 1750. The van der Waals surface area contributed by atoms with Gasteiger partial charge in [-0.25, -0.2) is 0 Å². The molecule has 0 aromatic heterocycles. The normalized spacial score (nSPS) is 15.0. The number of carboxylic acid groups (broad SMARTS) is 1. The number of amides is 1. The van der Waals surface area contributed by atoms with Crippen molar-refractivity contribution in [3.05, 3.63) is 117 Å². The van der Waals surface area contributed by atoms with Gasteiger partial charge in [0.15, 0.2) is 0 Å². The number of aliphatic carboxylic acids is 1. The first kappa shape index (κ1) is 29.9. The van der Waals surface area contributed by atoms with E-state index >= 15 is 0 Å². The van der Waals surface area contributed by atoms with Crippen LogP contribution in [0.4, 0.5) is 5.69 Å². The van der Waals surface area contributed by atoms with Crippen molar-refractivity contribution in [1.29, 1.82) is 10.8 Å². The summed E-state index contributed by atoms with van der Waals surface area (Å²) in [6, 6.07) is 23.2. The summed E-state index contributed by atoms with van der Waals surface area (Å²) in [7, 11) is 0. The summed E-state index contributed by atoms with van der Waals surface area (Å²) in [6.45, 7) is 3.20. The molecule has 0 radical (unpaired) electrons. The maximum Gasteiger partial charge on any atom is 0.311 e. The van der Waals surface area contributed by atoms with E-state index in [1.807, 2.05) is 29.2 Å². The summed E-state index contributed by atoms with van der Waals surface area (Å²) < 4.78 is 6.06. The zero-order chi connectivity index (χ0) is 31.4. The first-order valence-electron chi connectivity index (χ1n) is 14.0. The molecule has 5 rings (SSSR count). The fourth-order valence-corrected chi connectivity index (χ4v) is 5.25. The molecule has 1 saturated heterocycles. The monoisotopic (exact) mass is 593 g/mol. The van der Waals surface area contributed by atoms with Gasteiger partial charge in [0.2, 0.25) is 0 Å². The molecule has 0 saturated carbocycles. The highest BCUT2D eigenvalue weighted by Gasteiger charge is 2.25. The Morgan fingerprint density at radius 3 is 2.32 bits per heavy atom. The van der Waals surface area contributed by atoms with Gasteiger partial charge in [-0.3, -0.25) is 30.5 Å². The van der Waals surface area contributed by atoms with Gasteiger partial charge in [-0.05, 0) is 65.6 Å². The number of likely N-dealkylation sites (tertiary alicyclic amines) is 1. The molecule has 1 aliphatic heterocycles. The summed E-state index contributed by atoms with van der Waals surface area (Å²) in [5.41, 5.74) is 1.96. The van der Waals surface area contributed by atoms with Gasteiger partial charge in [0.05, 0.1) is 23.2 Å². The van der Waals surface area contributed by atoms with Crippen LogP contribution in [0, 0.1) is 20.9 Å². The Morgan fingerprint density at radius 1 is 1.00 bits per heavy atom. The highest BCUT2D eigenvalue weighted by atomic mass is 16.6. The lowest BCUT2D eigenvalue weighted by Gasteiger charge is -2.18. The van der Waals surface area contributed by atoms with E-state index in [4.69, 9.17) is 15.6 Å². The Labute approximate surface area is 253 Å². The van der Waals surface area contributed by atoms with Crippen molar-refractivity contribution < 1.29 is 24.4 Å². The number of hydrogen-bond acceptors (Lipinski definition) is 7. The van der Waals surface area contributed by atoms with Gasteiger partial charge >= 0.3 is 5.97 Å². The summed E-state index contributed by atoms with van der Waals surface area (Å²) in [5.74, 6) is -1.25. The highest BCUT2D eigenvalue weighted by molar-refractivity contribution is 6.12. The van der Waals surface area contributed by atoms with Crippen molar-refractivity contribution in [3.63, 3.8) is 0 Å². The first-order chi connectivity index (χ1) is 21.1. The van der Waals surface area contributed by atoms with E-state index in [9.17, 15) is 24.8 Å². The van der Waals surface area contributed by atoms with Crippen molar-refractivity contribution in [1.82, 2.24) is 10.2 Å². The number of carbonyl (C=O) groups excluding carboxylic acids is 1. The number of nitrogens with one attached hydrogen (secondary N) is 3. The third-order valence-electron chi connectivity index (χ3n) is 7.71. The molecule has 11 heteroatoms. The third kappa shape index (κ3) is 6.89. The van der Waals surface area contributed by atoms with Crippen LogP contribution in [-0.4, -0.2) is 57.7 Å². The molecule has 0 spiro atoms. The van der Waals surface area contributed by atoms with Crippen molar-refractivity contribution in [3.8, 4) is 5.75 Å². The molecule has 4 N–H and O–H groups in total. The van der Waals surface area contributed by atoms with Crippen LogP contribution < -0.4 is 10.1 Å². The van der Waals surface area contributed by atoms with Gasteiger partial charge < -0.3 is 20.1 Å². The molecule has 4 aromatic rings. The van der Waals surface area contributed by atoms with E-state index in [1.165, 1.54) is 24.3 Å². The summed E-state index contributed by atoms with van der Waals surface area (Å²) in [5, 5.41) is 41.3. The molecule has 0 bridgehead atoms. The topological polar surface area (TPSA) is 170 Å². The molecule has 2 atom stereocenters. The number of fused-ring (bicyclic) bond motifs is 1. The smallest absolute Gasteiger partial charge is 0.311 e. The lowest BCUT2D eigenvalue weighted by atomic mass is 9.91. The third-order valence-corrected chi connectivity index (χ3v) is 7.71. The minimum Gasteiger partial charge on any atom is -0.489 e. The van der Waals surface area contributed by atoms with Crippen LogP contribution in [0.25, 0.3) is 10.8 Å². The fraction of sp³-hybridized carbons (Fsp3) is 0.212. The molecule has 1 aliphatic rings. The zero-order valence-electron chi connectivity index (χ0n) is 23.9. The minimum atomic E-state index is -0.948. The Balaban J connectivity index is 1.27. The van der Waals surface area contributed by atoms with Gasteiger partial charge in [-0.2, -0.15) is 0 Å². The average molecular weight is 594 g/mol. The second kappa shape index (κ2) is 12.7. The van der Waals surface area contributed by atoms with E-state index in [2.05, 4.69) is 5.32 Å². The lowest BCUT2D eigenvalue weighted by Crippen LogP contribution is -2.30. The first-order valence-corrected chi connectivity index (χ1v) is 14.0. The molecule has 1 heterocycles. The van der Waals surface area contributed by atoms with Crippen LogP contribution in [-0.2, 0) is 11.2 Å². The van der Waals surface area contributed by atoms with Crippen LogP contribution in [0.2, 0.25) is 0 Å². The van der Waals surface area contributed by atoms with Crippen molar-refractivity contribution in [2.24, 2.45) is 0 Å². The maximum absolute atomic E-state index is 12.6. The van der Waals surface area contributed by atoms with Crippen LogP contribution in [0.3, 0.4) is 0 Å². The quantitative estimate of drug-likeness (QED) is 0.0875. The van der Waals surface area contributed by atoms with E-state index < -0.39 is 22.7 Å². The zero-order valence-corrected chi connectivity index (χ0v) is 23.9. The molecule has 224 valence electrons. The molecule has 1 amide bonds. The number of nitro groups is 1. The molecule has 11 nitrogen and oxygen atoms in total. The van der Waals surface area contributed by atoms with E-state index in [0.717, 1.165) is 29.3 Å². The number of ether oxygens (including phenoxy) is 1. The van der Waals surface area contributed by atoms with Gasteiger partial charge in [-0.1, -0.05) is 42.5 Å². The van der Waals surface area contributed by atoms with Crippen LogP contribution in [0.5, 0.6) is 5.75 Å². The molecule has 4 aromatic carbocycles. The molecule has 1 fully saturated rings. The number of amidine groups is 2. The number of carboxylic acids is 1. The van der Waals surface area contributed by atoms with Crippen LogP contribution >= 0.6 is 0 Å². The number of benzene rings is 4. The standard InChI is InChI=1S/C33H31N5O6/c1-20(34)37-15-14-29(19-37)44-28-12-8-23(9-13-28)30(33(40)41)17-21-2-3-22-4-5-25(18-26(22)16-21)31(35)36-32(39)24-6-10-27(11-7-24)38(42)43/h2-13,16,18,29-30,34H,14-15,17,19H2,1H3,(H,40,41)(H2,35,36,39)/t29-,30-/m0/s1. The number of hydrogen-bond donors (Lipinski definition) is 4. The van der Waals surface area contributed by atoms with E-state index in [-0.39, 0.29) is 29.6 Å². The number of nitro benzene ring substituents is 1. The van der Waals surface area contributed by atoms with Gasteiger partial charge in [-0.15, -0.1) is 0 Å².